The minimum atomic E-state index is -0.0713. The summed E-state index contributed by atoms with van der Waals surface area (Å²) in [6.45, 7) is 3.49. The predicted molar refractivity (Wildman–Crippen MR) is 148 cm³/mol. The number of thioether (sulfide) groups is 1. The van der Waals surface area contributed by atoms with Crippen molar-refractivity contribution < 1.29 is 14.3 Å². The van der Waals surface area contributed by atoms with Gasteiger partial charge in [-0.05, 0) is 43.3 Å². The second-order valence-electron chi connectivity index (χ2n) is 9.05. The summed E-state index contributed by atoms with van der Waals surface area (Å²) in [5, 5.41) is 9.54. The van der Waals surface area contributed by atoms with Gasteiger partial charge in [0, 0.05) is 42.5 Å². The lowest BCUT2D eigenvalue weighted by atomic mass is 10.1. The van der Waals surface area contributed by atoms with Crippen LogP contribution in [0.15, 0.2) is 90.1 Å². The molecule has 2 amide bonds. The molecule has 0 radical (unpaired) electrons. The molecule has 3 aromatic carbocycles. The van der Waals surface area contributed by atoms with Crippen LogP contribution in [0.5, 0.6) is 5.75 Å². The van der Waals surface area contributed by atoms with Crippen LogP contribution in [0.25, 0.3) is 17.1 Å². The first-order valence-electron chi connectivity index (χ1n) is 12.5. The number of rotatable bonds is 7. The van der Waals surface area contributed by atoms with E-state index in [2.05, 4.69) is 10.2 Å². The molecule has 1 aliphatic rings. The maximum atomic E-state index is 13.2. The van der Waals surface area contributed by atoms with Crippen LogP contribution in [-0.2, 0) is 4.79 Å². The molecule has 8 nitrogen and oxygen atoms in total. The molecule has 5 rings (SSSR count). The van der Waals surface area contributed by atoms with E-state index < -0.39 is 0 Å². The number of carbonyl (C=O) groups excluding carboxylic acids is 2. The molecule has 1 saturated heterocycles. The molecular weight excluding hydrogens is 498 g/mol. The molecule has 1 unspecified atom stereocenters. The Kier molecular flexibility index (Phi) is 7.74. The third-order valence-corrected chi connectivity index (χ3v) is 7.48. The number of benzene rings is 3. The zero-order valence-corrected chi connectivity index (χ0v) is 22.2. The van der Waals surface area contributed by atoms with E-state index in [0.29, 0.717) is 36.2 Å². The van der Waals surface area contributed by atoms with E-state index in [9.17, 15) is 9.59 Å². The molecule has 0 aliphatic carbocycles. The van der Waals surface area contributed by atoms with Crippen molar-refractivity contribution in [2.24, 2.45) is 0 Å². The quantitative estimate of drug-likeness (QED) is 0.331. The van der Waals surface area contributed by atoms with Crippen molar-refractivity contribution in [1.29, 1.82) is 0 Å². The van der Waals surface area contributed by atoms with Crippen LogP contribution in [0.1, 0.15) is 17.3 Å². The molecule has 9 heteroatoms. The summed E-state index contributed by atoms with van der Waals surface area (Å²) in [6.07, 6.45) is 0. The molecule has 1 atom stereocenters. The number of ether oxygens (including phenoxy) is 1. The SMILES string of the molecule is COc1cccc(-c2nnc(SCC(=O)N3CCN(C(=O)c4ccccc4)C(C)C3)n2-c2ccccc2)c1. The predicted octanol–water partition coefficient (Wildman–Crippen LogP) is 4.41. The van der Waals surface area contributed by atoms with Crippen LogP contribution in [0.4, 0.5) is 0 Å². The fraction of sp³-hybridized carbons (Fsp3) is 0.241. The van der Waals surface area contributed by atoms with Crippen LogP contribution in [0, 0.1) is 0 Å². The van der Waals surface area contributed by atoms with Crippen LogP contribution < -0.4 is 4.74 Å². The first kappa shape index (κ1) is 25.5. The largest absolute Gasteiger partial charge is 0.497 e. The second-order valence-corrected chi connectivity index (χ2v) is 9.99. The third kappa shape index (κ3) is 5.43. The summed E-state index contributed by atoms with van der Waals surface area (Å²) in [5.74, 6) is 1.64. The summed E-state index contributed by atoms with van der Waals surface area (Å²) >= 11 is 1.36. The molecule has 1 aromatic heterocycles. The van der Waals surface area contributed by atoms with E-state index in [1.54, 1.807) is 7.11 Å². The van der Waals surface area contributed by atoms with Crippen molar-refractivity contribution in [2.45, 2.75) is 18.1 Å². The Morgan fingerprint density at radius 2 is 1.68 bits per heavy atom. The van der Waals surface area contributed by atoms with Crippen LogP contribution in [0.3, 0.4) is 0 Å². The fourth-order valence-corrected chi connectivity index (χ4v) is 5.43. The lowest BCUT2D eigenvalue weighted by molar-refractivity contribution is -0.130. The smallest absolute Gasteiger partial charge is 0.254 e. The molecule has 0 spiro atoms. The van der Waals surface area contributed by atoms with Gasteiger partial charge in [0.2, 0.25) is 5.91 Å². The van der Waals surface area contributed by atoms with Gasteiger partial charge in [-0.3, -0.25) is 14.2 Å². The minimum absolute atomic E-state index is 0.000564. The number of hydrogen-bond donors (Lipinski definition) is 0. The number of hydrogen-bond acceptors (Lipinski definition) is 6. The first-order valence-corrected chi connectivity index (χ1v) is 13.5. The maximum Gasteiger partial charge on any atom is 0.254 e. The van der Waals surface area contributed by atoms with Gasteiger partial charge in [0.05, 0.1) is 12.9 Å². The normalized spacial score (nSPS) is 15.4. The second kappa shape index (κ2) is 11.5. The van der Waals surface area contributed by atoms with Gasteiger partial charge in [0.15, 0.2) is 11.0 Å². The average molecular weight is 528 g/mol. The Morgan fingerprint density at radius 1 is 0.947 bits per heavy atom. The summed E-state index contributed by atoms with van der Waals surface area (Å²) < 4.78 is 7.36. The van der Waals surface area contributed by atoms with Crippen molar-refractivity contribution >= 4 is 23.6 Å². The maximum absolute atomic E-state index is 13.2. The van der Waals surface area contributed by atoms with Gasteiger partial charge >= 0.3 is 0 Å². The molecule has 1 fully saturated rings. The lowest BCUT2D eigenvalue weighted by Gasteiger charge is -2.40. The van der Waals surface area contributed by atoms with Gasteiger partial charge in [0.1, 0.15) is 5.75 Å². The zero-order valence-electron chi connectivity index (χ0n) is 21.4. The van der Waals surface area contributed by atoms with Crippen molar-refractivity contribution in [2.75, 3.05) is 32.5 Å². The topological polar surface area (TPSA) is 80.6 Å². The van der Waals surface area contributed by atoms with Crippen molar-refractivity contribution in [3.8, 4) is 22.8 Å². The summed E-state index contributed by atoms with van der Waals surface area (Å²) in [7, 11) is 1.63. The van der Waals surface area contributed by atoms with E-state index in [1.807, 2.05) is 106 Å². The Labute approximate surface area is 226 Å². The number of piperazine rings is 1. The van der Waals surface area contributed by atoms with Gasteiger partial charge in [0.25, 0.3) is 5.91 Å². The Hall–Kier alpha value is -4.11. The molecule has 1 aliphatic heterocycles. The van der Waals surface area contributed by atoms with E-state index in [4.69, 9.17) is 4.74 Å². The number of aromatic nitrogens is 3. The number of para-hydroxylation sites is 1. The number of nitrogens with zero attached hydrogens (tertiary/aromatic N) is 5. The zero-order chi connectivity index (χ0) is 26.5. The lowest BCUT2D eigenvalue weighted by Crippen LogP contribution is -2.55. The van der Waals surface area contributed by atoms with E-state index in [1.165, 1.54) is 11.8 Å². The van der Waals surface area contributed by atoms with E-state index in [0.717, 1.165) is 17.0 Å². The molecule has 194 valence electrons. The molecule has 38 heavy (non-hydrogen) atoms. The van der Waals surface area contributed by atoms with Gasteiger partial charge in [-0.25, -0.2) is 0 Å². The molecule has 0 saturated carbocycles. The first-order chi connectivity index (χ1) is 18.5. The van der Waals surface area contributed by atoms with Gasteiger partial charge in [-0.15, -0.1) is 10.2 Å². The molecule has 4 aromatic rings. The summed E-state index contributed by atoms with van der Waals surface area (Å²) in [4.78, 5) is 29.8. The minimum Gasteiger partial charge on any atom is -0.497 e. The third-order valence-electron chi connectivity index (χ3n) is 6.56. The van der Waals surface area contributed by atoms with Crippen molar-refractivity contribution in [3.05, 3.63) is 90.5 Å². The van der Waals surface area contributed by atoms with Crippen LogP contribution in [0.2, 0.25) is 0 Å². The monoisotopic (exact) mass is 527 g/mol. The van der Waals surface area contributed by atoms with Gasteiger partial charge in [-0.2, -0.15) is 0 Å². The molecule has 2 heterocycles. The Bertz CT molecular complexity index is 1410. The number of amides is 2. The highest BCUT2D eigenvalue weighted by Gasteiger charge is 2.30. The Morgan fingerprint density at radius 3 is 2.39 bits per heavy atom. The van der Waals surface area contributed by atoms with Crippen molar-refractivity contribution in [1.82, 2.24) is 24.6 Å². The average Bonchev–Trinajstić information content (AvgIpc) is 3.40. The number of carbonyl (C=O) groups is 2. The van der Waals surface area contributed by atoms with Crippen LogP contribution in [-0.4, -0.2) is 74.9 Å². The van der Waals surface area contributed by atoms with E-state index >= 15 is 0 Å². The summed E-state index contributed by atoms with van der Waals surface area (Å²) in [6, 6.07) is 26.7. The molecule has 0 bridgehead atoms. The van der Waals surface area contributed by atoms with Crippen molar-refractivity contribution in [3.63, 3.8) is 0 Å². The van der Waals surface area contributed by atoms with Gasteiger partial charge in [-0.1, -0.05) is 60.3 Å². The Balaban J connectivity index is 1.29. The van der Waals surface area contributed by atoms with Gasteiger partial charge < -0.3 is 14.5 Å². The number of methoxy groups -OCH3 is 1. The highest BCUT2D eigenvalue weighted by molar-refractivity contribution is 7.99. The molecular formula is C29H29N5O3S. The van der Waals surface area contributed by atoms with Crippen LogP contribution >= 0.6 is 11.8 Å². The molecule has 0 N–H and O–H groups in total. The summed E-state index contributed by atoms with van der Waals surface area (Å²) in [5.41, 5.74) is 2.45. The highest BCUT2D eigenvalue weighted by Crippen LogP contribution is 2.30. The highest BCUT2D eigenvalue weighted by atomic mass is 32.2. The van der Waals surface area contributed by atoms with E-state index in [-0.39, 0.29) is 23.6 Å². The fourth-order valence-electron chi connectivity index (χ4n) is 4.57. The standard InChI is InChI=1S/C29H29N5O3S/c1-21-19-32(16-17-33(21)28(36)22-10-5-3-6-11-22)26(35)20-38-29-31-30-27(23-12-9-15-25(18-23)37-2)34(29)24-13-7-4-8-14-24/h3-15,18,21H,16-17,19-20H2,1-2H3.